The van der Waals surface area contributed by atoms with Crippen LogP contribution in [0, 0.1) is 0 Å². The fraction of sp³-hybridized carbons (Fsp3) is 0.167. The molecule has 0 saturated carbocycles. The second-order valence-electron chi connectivity index (χ2n) is 5.74. The van der Waals surface area contributed by atoms with Crippen molar-refractivity contribution in [2.45, 2.75) is 24.7 Å². The lowest BCUT2D eigenvalue weighted by atomic mass is 10.1. The molecule has 25 heavy (non-hydrogen) atoms. The van der Waals surface area contributed by atoms with E-state index in [2.05, 4.69) is 12.2 Å². The number of carbonyl (C=O) groups excluding carboxylic acids is 1. The van der Waals surface area contributed by atoms with Crippen molar-refractivity contribution in [2.24, 2.45) is 5.14 Å². The van der Waals surface area contributed by atoms with E-state index in [0.29, 0.717) is 5.69 Å². The molecule has 0 bridgehead atoms. The van der Waals surface area contributed by atoms with Crippen LogP contribution in [0.2, 0.25) is 0 Å². The van der Waals surface area contributed by atoms with E-state index in [1.165, 1.54) is 29.8 Å². The number of anilines is 1. The first kappa shape index (κ1) is 17.2. The minimum atomic E-state index is -3.75. The molecule has 7 heteroatoms. The normalized spacial score (nSPS) is 11.6. The highest BCUT2D eigenvalue weighted by molar-refractivity contribution is 7.89. The van der Waals surface area contributed by atoms with Gasteiger partial charge in [0.25, 0.3) is 0 Å². The number of furan rings is 1. The Labute approximate surface area is 145 Å². The molecule has 0 aliphatic heterocycles. The zero-order chi connectivity index (χ0) is 18.0. The Morgan fingerprint density at radius 3 is 2.52 bits per heavy atom. The van der Waals surface area contributed by atoms with Gasteiger partial charge < -0.3 is 9.73 Å². The monoisotopic (exact) mass is 358 g/mol. The number of carbonyl (C=O) groups is 1. The van der Waals surface area contributed by atoms with Gasteiger partial charge in [-0.1, -0.05) is 13.0 Å². The zero-order valence-electron chi connectivity index (χ0n) is 13.7. The Morgan fingerprint density at radius 1 is 1.16 bits per heavy atom. The summed E-state index contributed by atoms with van der Waals surface area (Å²) in [4.78, 5) is 12.3. The maximum absolute atomic E-state index is 12.3. The smallest absolute Gasteiger partial charge is 0.238 e. The maximum atomic E-state index is 12.3. The molecule has 3 N–H and O–H groups in total. The quantitative estimate of drug-likeness (QED) is 0.732. The Hall–Kier alpha value is -2.64. The summed E-state index contributed by atoms with van der Waals surface area (Å²) in [7, 11) is -3.75. The summed E-state index contributed by atoms with van der Waals surface area (Å²) >= 11 is 0. The number of hydrogen-bond acceptors (Lipinski definition) is 4. The highest BCUT2D eigenvalue weighted by Gasteiger charge is 2.12. The molecule has 2 aromatic carbocycles. The van der Waals surface area contributed by atoms with Gasteiger partial charge in [0.1, 0.15) is 5.58 Å². The van der Waals surface area contributed by atoms with Crippen molar-refractivity contribution >= 4 is 32.6 Å². The lowest BCUT2D eigenvalue weighted by molar-refractivity contribution is -0.115. The number of hydrogen-bond donors (Lipinski definition) is 2. The van der Waals surface area contributed by atoms with Crippen LogP contribution in [0.1, 0.15) is 18.1 Å². The predicted octanol–water partition coefficient (Wildman–Crippen LogP) is 2.82. The van der Waals surface area contributed by atoms with E-state index in [1.807, 2.05) is 18.2 Å². The molecule has 0 saturated heterocycles. The highest BCUT2D eigenvalue weighted by atomic mass is 32.2. The van der Waals surface area contributed by atoms with E-state index in [4.69, 9.17) is 9.56 Å². The van der Waals surface area contributed by atoms with Crippen LogP contribution < -0.4 is 10.5 Å². The fourth-order valence-electron chi connectivity index (χ4n) is 2.59. The van der Waals surface area contributed by atoms with Crippen molar-refractivity contribution in [3.05, 3.63) is 59.9 Å². The second-order valence-corrected chi connectivity index (χ2v) is 7.30. The summed E-state index contributed by atoms with van der Waals surface area (Å²) in [6.45, 7) is 2.07. The molecule has 0 unspecified atom stereocenters. The summed E-state index contributed by atoms with van der Waals surface area (Å²) < 4.78 is 28.0. The third-order valence-electron chi connectivity index (χ3n) is 3.94. The van der Waals surface area contributed by atoms with Crippen LogP contribution in [-0.2, 0) is 27.7 Å². The van der Waals surface area contributed by atoms with Gasteiger partial charge in [-0.3, -0.25) is 4.79 Å². The minimum absolute atomic E-state index is 0.00146. The van der Waals surface area contributed by atoms with E-state index in [-0.39, 0.29) is 17.2 Å². The third-order valence-corrected chi connectivity index (χ3v) is 4.87. The largest absolute Gasteiger partial charge is 0.464 e. The van der Waals surface area contributed by atoms with Crippen LogP contribution in [0.25, 0.3) is 11.0 Å². The molecular formula is C18H18N2O4S. The third kappa shape index (κ3) is 3.89. The zero-order valence-corrected chi connectivity index (χ0v) is 14.5. The van der Waals surface area contributed by atoms with E-state index >= 15 is 0 Å². The van der Waals surface area contributed by atoms with Crippen molar-refractivity contribution in [1.29, 1.82) is 0 Å². The molecule has 130 valence electrons. The summed E-state index contributed by atoms with van der Waals surface area (Å²) in [5.41, 5.74) is 3.23. The number of rotatable bonds is 5. The molecule has 6 nitrogen and oxygen atoms in total. The molecule has 3 rings (SSSR count). The van der Waals surface area contributed by atoms with E-state index < -0.39 is 10.0 Å². The highest BCUT2D eigenvalue weighted by Crippen LogP contribution is 2.24. The van der Waals surface area contributed by atoms with Gasteiger partial charge in [-0.2, -0.15) is 0 Å². The molecular weight excluding hydrogens is 340 g/mol. The number of fused-ring (bicyclic) bond motifs is 1. The van der Waals surface area contributed by atoms with Gasteiger partial charge in [-0.25, -0.2) is 13.6 Å². The first-order valence-corrected chi connectivity index (χ1v) is 9.33. The van der Waals surface area contributed by atoms with E-state index in [1.54, 1.807) is 6.26 Å². The molecule has 0 radical (unpaired) electrons. The molecule has 0 fully saturated rings. The van der Waals surface area contributed by atoms with Gasteiger partial charge in [0.05, 0.1) is 17.6 Å². The van der Waals surface area contributed by atoms with Crippen LogP contribution in [0.15, 0.2) is 58.0 Å². The van der Waals surface area contributed by atoms with Gasteiger partial charge in [0.15, 0.2) is 0 Å². The van der Waals surface area contributed by atoms with Gasteiger partial charge in [0, 0.05) is 16.6 Å². The number of primary sulfonamides is 1. The molecule has 0 aliphatic carbocycles. The molecule has 0 aliphatic rings. The minimum Gasteiger partial charge on any atom is -0.464 e. The summed E-state index contributed by atoms with van der Waals surface area (Å²) in [5, 5.41) is 8.71. The number of sulfonamides is 1. The maximum Gasteiger partial charge on any atom is 0.238 e. The number of nitrogens with one attached hydrogen (secondary N) is 1. The van der Waals surface area contributed by atoms with Crippen LogP contribution >= 0.6 is 0 Å². The van der Waals surface area contributed by atoms with Crippen LogP contribution in [-0.4, -0.2) is 14.3 Å². The molecule has 1 amide bonds. The van der Waals surface area contributed by atoms with Crippen LogP contribution in [0.5, 0.6) is 0 Å². The van der Waals surface area contributed by atoms with E-state index in [9.17, 15) is 13.2 Å². The SMILES string of the molecule is CCc1ccc2occ(CC(=O)Nc3ccc(S(N)(=O)=O)cc3)c2c1. The molecule has 0 spiro atoms. The van der Waals surface area contributed by atoms with Crippen LogP contribution in [0.4, 0.5) is 5.69 Å². The lowest BCUT2D eigenvalue weighted by Gasteiger charge is -2.06. The Balaban J connectivity index is 1.74. The Kier molecular flexibility index (Phi) is 4.61. The number of amides is 1. The molecule has 0 atom stereocenters. The van der Waals surface area contributed by atoms with E-state index in [0.717, 1.165) is 23.0 Å². The topological polar surface area (TPSA) is 102 Å². The van der Waals surface area contributed by atoms with Gasteiger partial charge in [0.2, 0.25) is 15.9 Å². The lowest BCUT2D eigenvalue weighted by Crippen LogP contribution is -2.15. The molecule has 3 aromatic rings. The first-order valence-electron chi connectivity index (χ1n) is 7.78. The Morgan fingerprint density at radius 2 is 1.88 bits per heavy atom. The Bertz CT molecular complexity index is 1020. The average Bonchev–Trinajstić information content (AvgIpc) is 2.96. The van der Waals surface area contributed by atoms with Crippen molar-refractivity contribution in [3.8, 4) is 0 Å². The second kappa shape index (κ2) is 6.70. The predicted molar refractivity (Wildman–Crippen MR) is 95.7 cm³/mol. The number of nitrogens with two attached hydrogens (primary N) is 1. The fourth-order valence-corrected chi connectivity index (χ4v) is 3.11. The standard InChI is InChI=1S/C18H18N2O4S/c1-2-12-3-8-17-16(9-12)13(11-24-17)10-18(21)20-14-4-6-15(7-5-14)25(19,22)23/h3-9,11H,2,10H2,1H3,(H,20,21)(H2,19,22,23). The van der Waals surface area contributed by atoms with Gasteiger partial charge >= 0.3 is 0 Å². The van der Waals surface area contributed by atoms with Gasteiger partial charge in [-0.15, -0.1) is 0 Å². The molecule has 1 heterocycles. The first-order chi connectivity index (χ1) is 11.9. The summed E-state index contributed by atoms with van der Waals surface area (Å²) in [6.07, 6.45) is 2.66. The number of aryl methyl sites for hydroxylation is 1. The van der Waals surface area contributed by atoms with Crippen molar-refractivity contribution in [2.75, 3.05) is 5.32 Å². The summed E-state index contributed by atoms with van der Waals surface area (Å²) in [6, 6.07) is 11.6. The van der Waals surface area contributed by atoms with Crippen LogP contribution in [0.3, 0.4) is 0 Å². The molecule has 1 aromatic heterocycles. The van der Waals surface area contributed by atoms with Crippen molar-refractivity contribution in [3.63, 3.8) is 0 Å². The van der Waals surface area contributed by atoms with Crippen molar-refractivity contribution in [1.82, 2.24) is 0 Å². The van der Waals surface area contributed by atoms with Gasteiger partial charge in [-0.05, 0) is 48.4 Å². The number of benzene rings is 2. The summed E-state index contributed by atoms with van der Waals surface area (Å²) in [5.74, 6) is -0.215. The van der Waals surface area contributed by atoms with Crippen molar-refractivity contribution < 1.29 is 17.6 Å². The average molecular weight is 358 g/mol.